The molecule has 0 spiro atoms. The predicted molar refractivity (Wildman–Crippen MR) is 60.8 cm³/mol. The van der Waals surface area contributed by atoms with Crippen molar-refractivity contribution in [2.24, 2.45) is 5.92 Å². The maximum Gasteiger partial charge on any atom is 0.450 e. The number of Topliss-reactive ketones (excluding diaryl/α,β-unsaturated/α-hetero) is 2. The number of hydrogen-bond acceptors (Lipinski definition) is 3. The first-order valence-electron chi connectivity index (χ1n) is 5.19. The Labute approximate surface area is 106 Å². The lowest BCUT2D eigenvalue weighted by Crippen LogP contribution is -2.38. The third kappa shape index (κ3) is 2.29. The molecule has 0 bridgehead atoms. The molecule has 6 heteroatoms. The number of alkyl halides is 3. The van der Waals surface area contributed by atoms with E-state index < -0.39 is 23.7 Å². The number of halogens is 3. The molecule has 0 N–H and O–H groups in total. The van der Waals surface area contributed by atoms with Crippen LogP contribution in [0.2, 0.25) is 0 Å². The highest BCUT2D eigenvalue weighted by Crippen LogP contribution is 2.36. The molecule has 1 unspecified atom stereocenters. The topological polar surface area (TPSA) is 34.1 Å². The number of aryl methyl sites for hydroxylation is 1. The number of carbonyl (C=O) groups is 2. The summed E-state index contributed by atoms with van der Waals surface area (Å²) < 4.78 is 37.0. The second kappa shape index (κ2) is 4.42. The van der Waals surface area contributed by atoms with Gasteiger partial charge in [-0.3, -0.25) is 9.59 Å². The average Bonchev–Trinajstić information content (AvgIpc) is 2.27. The van der Waals surface area contributed by atoms with Gasteiger partial charge >= 0.3 is 6.18 Å². The maximum atomic E-state index is 12.3. The largest absolute Gasteiger partial charge is 0.450 e. The first-order valence-corrected chi connectivity index (χ1v) is 6.18. The number of fused-ring (bicyclic) bond motifs is 1. The molecule has 0 amide bonds. The van der Waals surface area contributed by atoms with Crippen molar-refractivity contribution in [3.8, 4) is 0 Å². The van der Waals surface area contributed by atoms with Crippen molar-refractivity contribution in [2.45, 2.75) is 18.0 Å². The van der Waals surface area contributed by atoms with Gasteiger partial charge in [-0.25, -0.2) is 0 Å². The first-order chi connectivity index (χ1) is 8.30. The van der Waals surface area contributed by atoms with Gasteiger partial charge in [0, 0.05) is 16.2 Å². The van der Waals surface area contributed by atoms with Crippen LogP contribution in [0.5, 0.6) is 0 Å². The lowest BCUT2D eigenvalue weighted by molar-refractivity contribution is -0.173. The summed E-state index contributed by atoms with van der Waals surface area (Å²) in [5.41, 5.74) is 1.13. The molecule has 1 atom stereocenters. The van der Waals surface area contributed by atoms with E-state index in [4.69, 9.17) is 0 Å². The Morgan fingerprint density at radius 3 is 2.67 bits per heavy atom. The Hall–Kier alpha value is -1.30. The molecule has 96 valence electrons. The van der Waals surface area contributed by atoms with Gasteiger partial charge in [0.25, 0.3) is 0 Å². The molecule has 0 saturated carbocycles. The fourth-order valence-electron chi connectivity index (χ4n) is 1.78. The highest BCUT2D eigenvalue weighted by Gasteiger charge is 2.47. The first kappa shape index (κ1) is 13.1. The van der Waals surface area contributed by atoms with Crippen LogP contribution < -0.4 is 0 Å². The summed E-state index contributed by atoms with van der Waals surface area (Å²) in [7, 11) is 0. The van der Waals surface area contributed by atoms with E-state index in [1.807, 2.05) is 6.92 Å². The fraction of sp³-hybridized carbons (Fsp3) is 0.333. The molecule has 18 heavy (non-hydrogen) atoms. The molecule has 0 radical (unpaired) electrons. The Bertz CT molecular complexity index is 523. The van der Waals surface area contributed by atoms with Crippen LogP contribution >= 0.6 is 11.8 Å². The van der Waals surface area contributed by atoms with E-state index in [0.717, 1.165) is 17.3 Å². The minimum absolute atomic E-state index is 0.145. The summed E-state index contributed by atoms with van der Waals surface area (Å²) in [4.78, 5) is 23.7. The van der Waals surface area contributed by atoms with E-state index in [-0.39, 0.29) is 11.3 Å². The van der Waals surface area contributed by atoms with Crippen molar-refractivity contribution in [1.29, 1.82) is 0 Å². The van der Waals surface area contributed by atoms with Gasteiger partial charge in [-0.2, -0.15) is 13.2 Å². The van der Waals surface area contributed by atoms with E-state index in [9.17, 15) is 22.8 Å². The van der Waals surface area contributed by atoms with Crippen LogP contribution in [0.15, 0.2) is 23.1 Å². The lowest BCUT2D eigenvalue weighted by Gasteiger charge is -2.22. The monoisotopic (exact) mass is 274 g/mol. The Morgan fingerprint density at radius 1 is 1.39 bits per heavy atom. The van der Waals surface area contributed by atoms with Crippen molar-refractivity contribution < 1.29 is 22.8 Å². The van der Waals surface area contributed by atoms with E-state index in [1.54, 1.807) is 12.1 Å². The van der Waals surface area contributed by atoms with Crippen molar-refractivity contribution >= 4 is 23.3 Å². The molecule has 1 heterocycles. The van der Waals surface area contributed by atoms with Crippen LogP contribution in [0.3, 0.4) is 0 Å². The zero-order valence-electron chi connectivity index (χ0n) is 9.38. The van der Waals surface area contributed by atoms with Crippen molar-refractivity contribution in [3.63, 3.8) is 0 Å². The zero-order chi connectivity index (χ0) is 13.5. The van der Waals surface area contributed by atoms with Crippen LogP contribution in [0.25, 0.3) is 0 Å². The van der Waals surface area contributed by atoms with Gasteiger partial charge < -0.3 is 0 Å². The number of hydrogen-bond donors (Lipinski definition) is 0. The molecular formula is C12H9F3O2S. The van der Waals surface area contributed by atoms with Gasteiger partial charge in [0.2, 0.25) is 5.78 Å². The predicted octanol–water partition coefficient (Wildman–Crippen LogP) is 3.03. The van der Waals surface area contributed by atoms with E-state index in [2.05, 4.69) is 0 Å². The van der Waals surface area contributed by atoms with E-state index >= 15 is 0 Å². The fourth-order valence-corrected chi connectivity index (χ4v) is 3.02. The normalized spacial score (nSPS) is 19.6. The average molecular weight is 274 g/mol. The van der Waals surface area contributed by atoms with Gasteiger partial charge in [0.1, 0.15) is 0 Å². The quantitative estimate of drug-likeness (QED) is 0.738. The minimum atomic E-state index is -4.96. The van der Waals surface area contributed by atoms with Crippen LogP contribution in [0, 0.1) is 12.8 Å². The summed E-state index contributed by atoms with van der Waals surface area (Å²) in [6.07, 6.45) is -4.96. The van der Waals surface area contributed by atoms with Gasteiger partial charge in [-0.05, 0) is 24.6 Å². The van der Waals surface area contributed by atoms with Crippen molar-refractivity contribution in [2.75, 3.05) is 5.75 Å². The molecule has 2 rings (SSSR count). The molecule has 1 aromatic carbocycles. The smallest absolute Gasteiger partial charge is 0.293 e. The Morgan fingerprint density at radius 2 is 2.06 bits per heavy atom. The summed E-state index contributed by atoms with van der Waals surface area (Å²) in [6, 6.07) is 4.87. The van der Waals surface area contributed by atoms with Gasteiger partial charge in [0.05, 0.1) is 5.92 Å². The highest BCUT2D eigenvalue weighted by atomic mass is 32.2. The second-order valence-corrected chi connectivity index (χ2v) is 5.15. The van der Waals surface area contributed by atoms with E-state index in [0.29, 0.717) is 4.90 Å². The van der Waals surface area contributed by atoms with Crippen LogP contribution in [0.4, 0.5) is 13.2 Å². The minimum Gasteiger partial charge on any atom is -0.293 e. The van der Waals surface area contributed by atoms with Gasteiger partial charge in [0.15, 0.2) is 5.78 Å². The SMILES string of the molecule is Cc1ccc2c(c1)SCC(C(=O)C(F)(F)F)C2=O. The molecule has 1 aliphatic heterocycles. The molecule has 1 aromatic rings. The van der Waals surface area contributed by atoms with Crippen LogP contribution in [-0.2, 0) is 4.79 Å². The summed E-state index contributed by atoms with van der Waals surface area (Å²) in [5, 5.41) is 0. The Balaban J connectivity index is 2.35. The summed E-state index contributed by atoms with van der Waals surface area (Å²) >= 11 is 1.12. The molecule has 0 fully saturated rings. The Kier molecular flexibility index (Phi) is 3.23. The summed E-state index contributed by atoms with van der Waals surface area (Å²) in [6.45, 7) is 1.83. The zero-order valence-corrected chi connectivity index (χ0v) is 10.2. The van der Waals surface area contributed by atoms with Gasteiger partial charge in [-0.15, -0.1) is 11.8 Å². The standard InChI is InChI=1S/C12H9F3O2S/c1-6-2-3-7-9(4-6)18-5-8(10(7)16)11(17)12(13,14)15/h2-4,8H,5H2,1H3. The third-order valence-electron chi connectivity index (χ3n) is 2.72. The second-order valence-electron chi connectivity index (χ2n) is 4.09. The molecule has 0 aromatic heterocycles. The van der Waals surface area contributed by atoms with Crippen molar-refractivity contribution in [3.05, 3.63) is 29.3 Å². The number of thioether (sulfide) groups is 1. The number of carbonyl (C=O) groups excluding carboxylic acids is 2. The van der Waals surface area contributed by atoms with Crippen molar-refractivity contribution in [1.82, 2.24) is 0 Å². The van der Waals surface area contributed by atoms with Gasteiger partial charge in [-0.1, -0.05) is 6.07 Å². The molecular weight excluding hydrogens is 265 g/mol. The molecule has 0 aliphatic carbocycles. The van der Waals surface area contributed by atoms with Crippen LogP contribution in [-0.4, -0.2) is 23.5 Å². The number of rotatable bonds is 1. The number of benzene rings is 1. The van der Waals surface area contributed by atoms with Crippen LogP contribution in [0.1, 0.15) is 15.9 Å². The molecule has 2 nitrogen and oxygen atoms in total. The number of ketones is 2. The lowest BCUT2D eigenvalue weighted by atomic mass is 9.94. The third-order valence-corrected chi connectivity index (χ3v) is 3.87. The maximum absolute atomic E-state index is 12.3. The molecule has 1 aliphatic rings. The molecule has 0 saturated heterocycles. The summed E-state index contributed by atoms with van der Waals surface area (Å²) in [5.74, 6) is -4.43. The highest BCUT2D eigenvalue weighted by molar-refractivity contribution is 7.99. The van der Waals surface area contributed by atoms with E-state index in [1.165, 1.54) is 6.07 Å².